The van der Waals surface area contributed by atoms with E-state index in [1.807, 2.05) is 59.3 Å². The number of non-ortho nitro benzene ring substituents is 1. The lowest BCUT2D eigenvalue weighted by Gasteiger charge is -2.15. The van der Waals surface area contributed by atoms with E-state index in [9.17, 15) is 10.1 Å². The van der Waals surface area contributed by atoms with Crippen LogP contribution in [0.3, 0.4) is 0 Å². The Hall–Kier alpha value is -3.75. The van der Waals surface area contributed by atoms with E-state index in [4.69, 9.17) is 9.84 Å². The minimum absolute atomic E-state index is 0.0465. The molecule has 0 aliphatic carbocycles. The number of fused-ring (bicyclic) bond motifs is 1. The largest absolute Gasteiger partial charge is 0.360 e. The molecule has 8 heteroatoms. The molecule has 0 saturated heterocycles. The molecule has 0 radical (unpaired) electrons. The van der Waals surface area contributed by atoms with Crippen LogP contribution < -0.4 is 5.32 Å². The Balaban J connectivity index is 1.63. The molecule has 0 bridgehead atoms. The van der Waals surface area contributed by atoms with E-state index < -0.39 is 13.0 Å². The van der Waals surface area contributed by atoms with Crippen molar-refractivity contribution >= 4 is 48.2 Å². The predicted octanol–water partition coefficient (Wildman–Crippen LogP) is 7.17. The summed E-state index contributed by atoms with van der Waals surface area (Å²) >= 11 is 0. The summed E-state index contributed by atoms with van der Waals surface area (Å²) in [6.45, 7) is 8.06. The highest BCUT2D eigenvalue weighted by molar-refractivity contribution is 6.76. The van der Waals surface area contributed by atoms with Crippen molar-refractivity contribution < 1.29 is 9.66 Å². The number of nitrogens with one attached hydrogen (secondary N) is 1. The number of hydrogen-bond donors (Lipinski definition) is 1. The van der Waals surface area contributed by atoms with Gasteiger partial charge in [-0.3, -0.25) is 10.1 Å². The van der Waals surface area contributed by atoms with Crippen molar-refractivity contribution in [2.75, 3.05) is 11.9 Å². The second-order valence-electron chi connectivity index (χ2n) is 9.64. The molecular formula is C27H30N4O3Si. The second-order valence-corrected chi connectivity index (χ2v) is 15.3. The Kier molecular flexibility index (Phi) is 7.43. The lowest BCUT2D eigenvalue weighted by Crippen LogP contribution is -2.22. The molecule has 0 atom stereocenters. The molecule has 0 unspecified atom stereocenters. The highest BCUT2D eigenvalue weighted by atomic mass is 28.3. The van der Waals surface area contributed by atoms with Crippen molar-refractivity contribution in [1.29, 1.82) is 0 Å². The predicted molar refractivity (Wildman–Crippen MR) is 146 cm³/mol. The maximum Gasteiger partial charge on any atom is 0.271 e. The second kappa shape index (κ2) is 10.7. The number of hydrogen-bond acceptors (Lipinski definition) is 5. The summed E-state index contributed by atoms with van der Waals surface area (Å²) < 4.78 is 7.87. The van der Waals surface area contributed by atoms with E-state index in [-0.39, 0.29) is 5.69 Å². The first-order chi connectivity index (χ1) is 16.8. The number of nitro groups is 1. The van der Waals surface area contributed by atoms with Gasteiger partial charge in [0.05, 0.1) is 16.1 Å². The van der Waals surface area contributed by atoms with Crippen molar-refractivity contribution in [2.24, 2.45) is 0 Å². The molecule has 1 N–H and O–H groups in total. The number of nitrogens with zero attached hydrogens (tertiary/aromatic N) is 3. The summed E-state index contributed by atoms with van der Waals surface area (Å²) in [7, 11) is -1.18. The third-order valence-electron chi connectivity index (χ3n) is 5.57. The zero-order valence-corrected chi connectivity index (χ0v) is 21.3. The van der Waals surface area contributed by atoms with Crippen LogP contribution >= 0.6 is 0 Å². The zero-order chi connectivity index (χ0) is 24.8. The molecule has 0 aliphatic rings. The van der Waals surface area contributed by atoms with Crippen LogP contribution in [0.4, 0.5) is 17.1 Å². The number of rotatable bonds is 10. The van der Waals surface area contributed by atoms with Gasteiger partial charge in [0.2, 0.25) is 0 Å². The van der Waals surface area contributed by atoms with E-state index in [1.165, 1.54) is 12.1 Å². The highest BCUT2D eigenvalue weighted by Gasteiger charge is 2.14. The molecule has 4 rings (SSSR count). The Morgan fingerprint density at radius 3 is 2.51 bits per heavy atom. The van der Waals surface area contributed by atoms with Crippen LogP contribution in [0.1, 0.15) is 11.3 Å². The van der Waals surface area contributed by atoms with Crippen LogP contribution in [0.25, 0.3) is 23.1 Å². The first-order valence-corrected chi connectivity index (χ1v) is 15.3. The third-order valence-corrected chi connectivity index (χ3v) is 7.27. The Morgan fingerprint density at radius 2 is 1.77 bits per heavy atom. The van der Waals surface area contributed by atoms with Gasteiger partial charge in [-0.15, -0.1) is 0 Å². The molecule has 7 nitrogen and oxygen atoms in total. The van der Waals surface area contributed by atoms with Gasteiger partial charge in [-0.2, -0.15) is 5.10 Å². The van der Waals surface area contributed by atoms with E-state index in [0.29, 0.717) is 19.0 Å². The van der Waals surface area contributed by atoms with Gasteiger partial charge in [-0.1, -0.05) is 62.1 Å². The Labute approximate surface area is 206 Å². The van der Waals surface area contributed by atoms with Gasteiger partial charge >= 0.3 is 0 Å². The van der Waals surface area contributed by atoms with Crippen LogP contribution in [0.2, 0.25) is 25.7 Å². The van der Waals surface area contributed by atoms with Crippen molar-refractivity contribution in [2.45, 2.75) is 32.4 Å². The fraction of sp³-hybridized carbons (Fsp3) is 0.222. The number of anilines is 2. The molecule has 180 valence electrons. The summed E-state index contributed by atoms with van der Waals surface area (Å²) in [6, 6.07) is 23.7. The number of aromatic nitrogens is 2. The molecule has 4 aromatic rings. The lowest BCUT2D eigenvalue weighted by atomic mass is 10.1. The van der Waals surface area contributed by atoms with Crippen LogP contribution in [0, 0.1) is 10.1 Å². The summed E-state index contributed by atoms with van der Waals surface area (Å²) in [5.74, 6) is 0. The molecule has 0 saturated carbocycles. The van der Waals surface area contributed by atoms with Crippen LogP contribution in [-0.4, -0.2) is 29.4 Å². The standard InChI is InChI=1S/C27H30N4O3Si/c1-35(2,3)17-16-34-20-30-27-19-23(28-22-10-7-11-24(18-22)31(32)33)13-14-25(27)26(29-30)15-12-21-8-5-4-6-9-21/h4-15,18-19,28H,16-17,20H2,1-3H3/b15-12+. The van der Waals surface area contributed by atoms with Crippen molar-refractivity contribution in [3.8, 4) is 0 Å². The first-order valence-electron chi connectivity index (χ1n) is 11.6. The molecule has 3 aromatic carbocycles. The van der Waals surface area contributed by atoms with E-state index in [2.05, 4.69) is 37.1 Å². The van der Waals surface area contributed by atoms with Crippen LogP contribution in [-0.2, 0) is 11.5 Å². The summed E-state index contributed by atoms with van der Waals surface area (Å²) in [5, 5.41) is 20.2. The van der Waals surface area contributed by atoms with Gasteiger partial charge in [-0.05, 0) is 41.9 Å². The molecule has 1 heterocycles. The van der Waals surface area contributed by atoms with Crippen molar-refractivity contribution in [1.82, 2.24) is 9.78 Å². The molecule has 0 fully saturated rings. The first kappa shape index (κ1) is 24.4. The minimum Gasteiger partial charge on any atom is -0.360 e. The van der Waals surface area contributed by atoms with Crippen LogP contribution in [0.5, 0.6) is 0 Å². The van der Waals surface area contributed by atoms with E-state index in [0.717, 1.165) is 33.9 Å². The summed E-state index contributed by atoms with van der Waals surface area (Å²) in [5.41, 5.74) is 4.41. The monoisotopic (exact) mass is 486 g/mol. The number of nitro benzene ring substituents is 1. The number of benzene rings is 3. The normalized spacial score (nSPS) is 11.9. The molecular weight excluding hydrogens is 456 g/mol. The average molecular weight is 487 g/mol. The highest BCUT2D eigenvalue weighted by Crippen LogP contribution is 2.27. The van der Waals surface area contributed by atoms with Gasteiger partial charge in [0.1, 0.15) is 6.73 Å². The fourth-order valence-corrected chi connectivity index (χ4v) is 4.39. The zero-order valence-electron chi connectivity index (χ0n) is 20.3. The quantitative estimate of drug-likeness (QED) is 0.111. The van der Waals surface area contributed by atoms with Gasteiger partial charge in [0.15, 0.2) is 0 Å². The van der Waals surface area contributed by atoms with Crippen molar-refractivity contribution in [3.05, 3.63) is 94.2 Å². The third kappa shape index (κ3) is 6.65. The van der Waals surface area contributed by atoms with E-state index >= 15 is 0 Å². The maximum absolute atomic E-state index is 11.1. The maximum atomic E-state index is 11.1. The van der Waals surface area contributed by atoms with Gasteiger partial charge in [-0.25, -0.2) is 4.68 Å². The smallest absolute Gasteiger partial charge is 0.271 e. The SMILES string of the molecule is C[Si](C)(C)CCOCn1nc(/C=C/c2ccccc2)c2ccc(Nc3cccc([N+](=O)[O-])c3)cc21. The number of ether oxygens (including phenoxy) is 1. The Morgan fingerprint density at radius 1 is 1.00 bits per heavy atom. The molecule has 35 heavy (non-hydrogen) atoms. The summed E-state index contributed by atoms with van der Waals surface area (Å²) in [4.78, 5) is 10.7. The molecule has 0 amide bonds. The fourth-order valence-electron chi connectivity index (χ4n) is 3.63. The minimum atomic E-state index is -1.18. The Bertz CT molecular complexity index is 1340. The van der Waals surface area contributed by atoms with Gasteiger partial charge in [0, 0.05) is 43.6 Å². The molecule has 0 spiro atoms. The van der Waals surface area contributed by atoms with Crippen molar-refractivity contribution in [3.63, 3.8) is 0 Å². The van der Waals surface area contributed by atoms with Gasteiger partial charge < -0.3 is 10.1 Å². The topological polar surface area (TPSA) is 82.2 Å². The van der Waals surface area contributed by atoms with E-state index in [1.54, 1.807) is 6.07 Å². The molecule has 0 aliphatic heterocycles. The molecule has 1 aromatic heterocycles. The lowest BCUT2D eigenvalue weighted by molar-refractivity contribution is -0.384. The average Bonchev–Trinajstić information content (AvgIpc) is 3.17. The van der Waals surface area contributed by atoms with Crippen LogP contribution in [0.15, 0.2) is 72.8 Å². The summed E-state index contributed by atoms with van der Waals surface area (Å²) in [6.07, 6.45) is 4.07. The van der Waals surface area contributed by atoms with Gasteiger partial charge in [0.25, 0.3) is 5.69 Å².